The molecule has 0 bridgehead atoms. The Balaban J connectivity index is 4.26. The number of unbranched alkanes of at least 4 members (excludes halogenated alkanes) is 3. The van der Waals surface area contributed by atoms with Gasteiger partial charge in [0.2, 0.25) is 0 Å². The summed E-state index contributed by atoms with van der Waals surface area (Å²) in [6.07, 6.45) is 9.69. The average Bonchev–Trinajstić information content (AvgIpc) is 2.42. The van der Waals surface area contributed by atoms with Gasteiger partial charge in [-0.1, -0.05) is 66.2 Å². The Morgan fingerprint density at radius 1 is 0.950 bits per heavy atom. The molecular weight excluding hydrogens is 271 g/mol. The molecule has 0 aliphatic rings. The van der Waals surface area contributed by atoms with E-state index in [-0.39, 0.29) is 6.10 Å². The van der Waals surface area contributed by atoms with Gasteiger partial charge in [-0.15, -0.1) is 0 Å². The van der Waals surface area contributed by atoms with Gasteiger partial charge in [-0.2, -0.15) is 0 Å². The summed E-state index contributed by atoms with van der Waals surface area (Å²) in [4.78, 5) is 10.1. The van der Waals surface area contributed by atoms with Crippen LogP contribution in [0.25, 0.3) is 0 Å². The van der Waals surface area contributed by atoms with Gasteiger partial charge in [0.15, 0.2) is 0 Å². The third-order valence-corrected chi connectivity index (χ3v) is 5.54. The molecule has 0 radical (unpaired) electrons. The molecule has 0 aromatic rings. The van der Waals surface area contributed by atoms with Crippen LogP contribution in [0.3, 0.4) is 0 Å². The minimum atomic E-state index is -3.43. The largest absolute Gasteiger partial charge is 0.328 e. The van der Waals surface area contributed by atoms with Crippen molar-refractivity contribution in [1.82, 2.24) is 0 Å². The van der Waals surface area contributed by atoms with E-state index in [1.54, 1.807) is 0 Å². The van der Waals surface area contributed by atoms with E-state index < -0.39 is 7.60 Å². The van der Waals surface area contributed by atoms with Crippen molar-refractivity contribution in [3.8, 4) is 0 Å². The summed E-state index contributed by atoms with van der Waals surface area (Å²) in [5.74, 6) is 0.318. The molecule has 0 fully saturated rings. The monoisotopic (exact) mass is 306 g/mol. The lowest BCUT2D eigenvalue weighted by Gasteiger charge is -2.23. The first-order chi connectivity index (χ1) is 9.49. The van der Waals surface area contributed by atoms with Crippen LogP contribution in [0.4, 0.5) is 0 Å². The Bertz CT molecular complexity index is 268. The molecule has 0 amide bonds. The first kappa shape index (κ1) is 20.1. The predicted molar refractivity (Wildman–Crippen MR) is 87.3 cm³/mol. The fourth-order valence-corrected chi connectivity index (χ4v) is 4.37. The lowest BCUT2D eigenvalue weighted by atomic mass is 10.0. The van der Waals surface area contributed by atoms with Gasteiger partial charge in [0.1, 0.15) is 0 Å². The fourth-order valence-electron chi connectivity index (χ4n) is 2.47. The second-order valence-corrected chi connectivity index (χ2v) is 7.72. The van der Waals surface area contributed by atoms with Crippen molar-refractivity contribution in [2.24, 2.45) is 5.92 Å². The summed E-state index contributed by atoms with van der Waals surface area (Å²) in [5, 5.41) is 0. The SMILES string of the molecule is CCCCCC(CC)OP(=O)(O)CC(CC)CCCC. The number of hydrogen-bond acceptors (Lipinski definition) is 2. The van der Waals surface area contributed by atoms with Crippen LogP contribution in [-0.4, -0.2) is 17.2 Å². The van der Waals surface area contributed by atoms with Crippen LogP contribution in [0.2, 0.25) is 0 Å². The van der Waals surface area contributed by atoms with Crippen molar-refractivity contribution in [3.05, 3.63) is 0 Å². The zero-order chi connectivity index (χ0) is 15.4. The summed E-state index contributed by atoms with van der Waals surface area (Å²) in [6.45, 7) is 8.45. The van der Waals surface area contributed by atoms with E-state index in [0.29, 0.717) is 12.1 Å². The highest BCUT2D eigenvalue weighted by molar-refractivity contribution is 7.52. The Labute approximate surface area is 126 Å². The van der Waals surface area contributed by atoms with Crippen molar-refractivity contribution < 1.29 is 14.0 Å². The first-order valence-corrected chi connectivity index (χ1v) is 10.2. The topological polar surface area (TPSA) is 46.5 Å². The van der Waals surface area contributed by atoms with E-state index in [4.69, 9.17) is 4.52 Å². The van der Waals surface area contributed by atoms with Crippen LogP contribution in [0, 0.1) is 5.92 Å². The van der Waals surface area contributed by atoms with Gasteiger partial charge in [0.05, 0.1) is 12.3 Å². The van der Waals surface area contributed by atoms with Crippen LogP contribution in [0.15, 0.2) is 0 Å². The van der Waals surface area contributed by atoms with Crippen LogP contribution in [-0.2, 0) is 9.09 Å². The summed E-state index contributed by atoms with van der Waals surface area (Å²) < 4.78 is 17.8. The number of hydrogen-bond donors (Lipinski definition) is 1. The minimum Gasteiger partial charge on any atom is -0.324 e. The molecule has 3 nitrogen and oxygen atoms in total. The van der Waals surface area contributed by atoms with Crippen LogP contribution >= 0.6 is 7.60 Å². The van der Waals surface area contributed by atoms with E-state index in [1.807, 2.05) is 6.92 Å². The van der Waals surface area contributed by atoms with Crippen molar-refractivity contribution in [2.75, 3.05) is 6.16 Å². The maximum absolute atomic E-state index is 12.3. The molecule has 0 aliphatic heterocycles. The average molecular weight is 306 g/mol. The summed E-state index contributed by atoms with van der Waals surface area (Å²) in [7, 11) is -3.43. The van der Waals surface area contributed by atoms with E-state index in [0.717, 1.165) is 44.9 Å². The Hall–Kier alpha value is 0.150. The molecule has 0 saturated heterocycles. The molecule has 3 unspecified atom stereocenters. The lowest BCUT2D eigenvalue weighted by molar-refractivity contribution is 0.155. The Kier molecular flexibility index (Phi) is 11.9. The lowest BCUT2D eigenvalue weighted by Crippen LogP contribution is -2.14. The first-order valence-electron chi connectivity index (χ1n) is 8.49. The van der Waals surface area contributed by atoms with E-state index in [1.165, 1.54) is 12.8 Å². The molecule has 1 N–H and O–H groups in total. The molecule has 0 heterocycles. The van der Waals surface area contributed by atoms with Gasteiger partial charge >= 0.3 is 7.60 Å². The van der Waals surface area contributed by atoms with E-state index >= 15 is 0 Å². The van der Waals surface area contributed by atoms with Crippen LogP contribution < -0.4 is 0 Å². The molecule has 20 heavy (non-hydrogen) atoms. The second kappa shape index (κ2) is 11.8. The quantitative estimate of drug-likeness (QED) is 0.347. The van der Waals surface area contributed by atoms with Crippen molar-refractivity contribution in [3.63, 3.8) is 0 Å². The molecule has 0 aromatic carbocycles. The molecular formula is C16H35O3P. The maximum Gasteiger partial charge on any atom is 0.328 e. The van der Waals surface area contributed by atoms with Crippen molar-refractivity contribution in [1.29, 1.82) is 0 Å². The van der Waals surface area contributed by atoms with Gasteiger partial charge in [-0.3, -0.25) is 4.57 Å². The molecule has 0 spiro atoms. The Morgan fingerprint density at radius 3 is 2.10 bits per heavy atom. The third-order valence-electron chi connectivity index (χ3n) is 3.93. The zero-order valence-corrected chi connectivity index (χ0v) is 14.8. The molecule has 0 aliphatic carbocycles. The van der Waals surface area contributed by atoms with Gasteiger partial charge < -0.3 is 9.42 Å². The van der Waals surface area contributed by atoms with Gasteiger partial charge in [-0.05, 0) is 25.2 Å². The molecule has 0 aromatic heterocycles. The number of rotatable bonds is 13. The summed E-state index contributed by atoms with van der Waals surface area (Å²) in [5.41, 5.74) is 0. The third kappa shape index (κ3) is 9.96. The molecule has 122 valence electrons. The van der Waals surface area contributed by atoms with Crippen LogP contribution in [0.1, 0.15) is 85.5 Å². The molecule has 0 saturated carbocycles. The van der Waals surface area contributed by atoms with Crippen molar-refractivity contribution in [2.45, 2.75) is 91.6 Å². The highest BCUT2D eigenvalue weighted by Gasteiger charge is 2.27. The van der Waals surface area contributed by atoms with Gasteiger partial charge in [0.25, 0.3) is 0 Å². The minimum absolute atomic E-state index is 0.0546. The zero-order valence-electron chi connectivity index (χ0n) is 13.9. The predicted octanol–water partition coefficient (Wildman–Crippen LogP) is 5.76. The van der Waals surface area contributed by atoms with Gasteiger partial charge in [-0.25, -0.2) is 0 Å². The smallest absolute Gasteiger partial charge is 0.324 e. The van der Waals surface area contributed by atoms with Crippen molar-refractivity contribution >= 4 is 7.60 Å². The molecule has 3 atom stereocenters. The van der Waals surface area contributed by atoms with E-state index in [9.17, 15) is 9.46 Å². The Morgan fingerprint density at radius 2 is 1.60 bits per heavy atom. The van der Waals surface area contributed by atoms with Crippen LogP contribution in [0.5, 0.6) is 0 Å². The summed E-state index contributed by atoms with van der Waals surface area (Å²) in [6, 6.07) is 0. The van der Waals surface area contributed by atoms with Gasteiger partial charge in [0, 0.05) is 0 Å². The standard InChI is InChI=1S/C16H35O3P/c1-5-9-11-13-16(8-4)19-20(17,18)14-15(7-3)12-10-6-2/h15-16H,5-14H2,1-4H3,(H,17,18). The highest BCUT2D eigenvalue weighted by Crippen LogP contribution is 2.47. The second-order valence-electron chi connectivity index (χ2n) is 5.87. The highest BCUT2D eigenvalue weighted by atomic mass is 31.2. The molecule has 4 heteroatoms. The normalized spacial score (nSPS) is 17.6. The fraction of sp³-hybridized carbons (Fsp3) is 1.00. The maximum atomic E-state index is 12.3. The summed E-state index contributed by atoms with van der Waals surface area (Å²) >= 11 is 0. The molecule has 0 rings (SSSR count). The van der Waals surface area contributed by atoms with E-state index in [2.05, 4.69) is 20.8 Å².